The highest BCUT2D eigenvalue weighted by Gasteiger charge is 2.31. The molecule has 10 heteroatoms. The van der Waals surface area contributed by atoms with E-state index in [1.807, 2.05) is 0 Å². The zero-order valence-electron chi connectivity index (χ0n) is 12.0. The highest BCUT2D eigenvalue weighted by Crippen LogP contribution is 2.54. The van der Waals surface area contributed by atoms with Gasteiger partial charge in [-0.1, -0.05) is 12.1 Å². The van der Waals surface area contributed by atoms with Crippen LogP contribution in [0.25, 0.3) is 0 Å². The molecule has 0 fully saturated rings. The third kappa shape index (κ3) is 6.32. The zero-order valence-corrected chi connectivity index (χ0v) is 13.7. The van der Waals surface area contributed by atoms with Gasteiger partial charge in [0.1, 0.15) is 6.04 Å². The van der Waals surface area contributed by atoms with E-state index in [1.54, 1.807) is 0 Å². The van der Waals surface area contributed by atoms with Crippen molar-refractivity contribution in [1.82, 2.24) is 0 Å². The number of carbonyl (C=O) groups is 2. The summed E-state index contributed by atoms with van der Waals surface area (Å²) in [6.07, 6.45) is -0.649. The Bertz CT molecular complexity index is 607. The quantitative estimate of drug-likeness (QED) is 0.318. The first-order valence-electron chi connectivity index (χ1n) is 6.56. The lowest BCUT2D eigenvalue weighted by molar-refractivity contribution is -0.138. The number of carboxylic acid groups (broad SMARTS) is 2. The molecule has 8 nitrogen and oxygen atoms in total. The molecule has 1 rings (SSSR count). The van der Waals surface area contributed by atoms with Gasteiger partial charge in [0.15, 0.2) is 5.85 Å². The number of benzene rings is 1. The lowest BCUT2D eigenvalue weighted by Gasteiger charge is -2.19. The van der Waals surface area contributed by atoms with Gasteiger partial charge in [0.2, 0.25) is 7.37 Å². The van der Waals surface area contributed by atoms with Crippen LogP contribution in [0.15, 0.2) is 29.2 Å². The molecule has 6 N–H and O–H groups in total. The van der Waals surface area contributed by atoms with Gasteiger partial charge in [-0.2, -0.15) is 0 Å². The number of hydrogen-bond donors (Lipinski definition) is 5. The molecule has 0 aliphatic heterocycles. The Morgan fingerprint density at radius 1 is 1.22 bits per heavy atom. The summed E-state index contributed by atoms with van der Waals surface area (Å²) < 4.78 is 12.1. The highest BCUT2D eigenvalue weighted by atomic mass is 32.2. The van der Waals surface area contributed by atoms with Crippen molar-refractivity contribution in [3.63, 3.8) is 0 Å². The van der Waals surface area contributed by atoms with Gasteiger partial charge in [0.05, 0.1) is 5.75 Å². The molecule has 1 aromatic carbocycles. The van der Waals surface area contributed by atoms with E-state index in [0.29, 0.717) is 4.90 Å². The van der Waals surface area contributed by atoms with Crippen molar-refractivity contribution in [2.75, 3.05) is 11.9 Å². The predicted molar refractivity (Wildman–Crippen MR) is 84.7 cm³/mol. The molecule has 0 bridgehead atoms. The number of thioether (sulfide) groups is 1. The van der Waals surface area contributed by atoms with Gasteiger partial charge >= 0.3 is 11.9 Å². The lowest BCUT2D eigenvalue weighted by Crippen LogP contribution is -2.31. The summed E-state index contributed by atoms with van der Waals surface area (Å²) in [5.74, 6) is -4.01. The summed E-state index contributed by atoms with van der Waals surface area (Å²) in [5.41, 5.74) is 5.47. The van der Waals surface area contributed by atoms with Gasteiger partial charge in [-0.15, -0.1) is 11.8 Å². The van der Waals surface area contributed by atoms with Gasteiger partial charge < -0.3 is 25.9 Å². The average Bonchev–Trinajstić information content (AvgIpc) is 2.50. The van der Waals surface area contributed by atoms with Gasteiger partial charge in [0, 0.05) is 11.1 Å². The molecule has 0 heterocycles. The van der Waals surface area contributed by atoms with Crippen LogP contribution in [0.4, 0.5) is 0 Å². The van der Waals surface area contributed by atoms with Crippen molar-refractivity contribution in [2.45, 2.75) is 23.2 Å². The van der Waals surface area contributed by atoms with Gasteiger partial charge in [0.25, 0.3) is 0 Å². The molecular weight excluding hydrogens is 345 g/mol. The third-order valence-corrected chi connectivity index (χ3v) is 5.96. The van der Waals surface area contributed by atoms with Crippen molar-refractivity contribution in [1.29, 1.82) is 0 Å². The van der Waals surface area contributed by atoms with E-state index in [0.717, 1.165) is 11.8 Å². The van der Waals surface area contributed by atoms with E-state index in [9.17, 15) is 24.2 Å². The van der Waals surface area contributed by atoms with Crippen molar-refractivity contribution >= 4 is 31.1 Å². The Morgan fingerprint density at radius 2 is 1.78 bits per heavy atom. The first kappa shape index (κ1) is 19.7. The molecule has 0 saturated heterocycles. The number of carboxylic acids is 2. The van der Waals surface area contributed by atoms with E-state index < -0.39 is 37.4 Å². The molecule has 0 aliphatic rings. The number of nitrogens with two attached hydrogens (primary N) is 1. The van der Waals surface area contributed by atoms with Crippen LogP contribution in [0, 0.1) is 0 Å². The summed E-state index contributed by atoms with van der Waals surface area (Å²) >= 11 is 1.08. The van der Waals surface area contributed by atoms with E-state index in [2.05, 4.69) is 0 Å². The van der Waals surface area contributed by atoms with Crippen LogP contribution in [0.5, 0.6) is 0 Å². The SMILES string of the molecule is NC(CCP(=O)(O)C(O)c1ccc(SCC(=O)O)cc1)C(=O)O. The minimum Gasteiger partial charge on any atom is -0.481 e. The lowest BCUT2D eigenvalue weighted by atomic mass is 10.2. The number of aliphatic hydroxyl groups is 1. The minimum atomic E-state index is -4.03. The Morgan fingerprint density at radius 3 is 2.26 bits per heavy atom. The molecule has 0 spiro atoms. The molecule has 3 atom stereocenters. The third-order valence-electron chi connectivity index (χ3n) is 3.00. The topological polar surface area (TPSA) is 158 Å². The monoisotopic (exact) mass is 363 g/mol. The summed E-state index contributed by atoms with van der Waals surface area (Å²) in [7, 11) is -4.03. The van der Waals surface area contributed by atoms with E-state index >= 15 is 0 Å². The molecule has 0 aliphatic carbocycles. The summed E-state index contributed by atoms with van der Waals surface area (Å²) in [5, 5.41) is 27.2. The van der Waals surface area contributed by atoms with Crippen LogP contribution in [0.3, 0.4) is 0 Å². The summed E-state index contributed by atoms with van der Waals surface area (Å²) in [6, 6.07) is 4.66. The maximum absolute atomic E-state index is 12.1. The molecule has 3 unspecified atom stereocenters. The van der Waals surface area contributed by atoms with E-state index in [1.165, 1.54) is 24.3 Å². The molecule has 128 valence electrons. The molecular formula is C13H18NO7PS. The second-order valence-electron chi connectivity index (χ2n) is 4.84. The van der Waals surface area contributed by atoms with Crippen molar-refractivity contribution in [3.8, 4) is 0 Å². The molecule has 0 aromatic heterocycles. The summed E-state index contributed by atoms with van der Waals surface area (Å²) in [4.78, 5) is 31.6. The van der Waals surface area contributed by atoms with Gasteiger partial charge in [-0.3, -0.25) is 14.2 Å². The normalized spacial score (nSPS) is 16.3. The van der Waals surface area contributed by atoms with Crippen LogP contribution >= 0.6 is 19.1 Å². The first-order valence-corrected chi connectivity index (χ1v) is 9.46. The zero-order chi connectivity index (χ0) is 17.6. The Labute approximate surface area is 136 Å². The van der Waals surface area contributed by atoms with Crippen molar-refractivity contribution < 1.29 is 34.4 Å². The Balaban J connectivity index is 2.71. The first-order chi connectivity index (χ1) is 10.6. The molecule has 1 aromatic rings. The number of hydrogen-bond acceptors (Lipinski definition) is 6. The van der Waals surface area contributed by atoms with Crippen LogP contribution in [-0.4, -0.2) is 50.1 Å². The summed E-state index contributed by atoms with van der Waals surface area (Å²) in [6.45, 7) is 0. The predicted octanol–water partition coefficient (Wildman–Crippen LogP) is 0.927. The van der Waals surface area contributed by atoms with Crippen molar-refractivity contribution in [2.24, 2.45) is 5.73 Å². The average molecular weight is 363 g/mol. The largest absolute Gasteiger partial charge is 0.481 e. The number of aliphatic carboxylic acids is 2. The van der Waals surface area contributed by atoms with E-state index in [4.69, 9.17) is 15.9 Å². The fourth-order valence-electron chi connectivity index (χ4n) is 1.68. The van der Waals surface area contributed by atoms with Crippen molar-refractivity contribution in [3.05, 3.63) is 29.8 Å². The fraction of sp³-hybridized carbons (Fsp3) is 0.385. The second kappa shape index (κ2) is 8.47. The maximum Gasteiger partial charge on any atom is 0.320 e. The minimum absolute atomic E-state index is 0.118. The fourth-order valence-corrected chi connectivity index (χ4v) is 3.83. The maximum atomic E-state index is 12.1. The van der Waals surface area contributed by atoms with Crippen LogP contribution in [0.2, 0.25) is 0 Å². The van der Waals surface area contributed by atoms with E-state index in [-0.39, 0.29) is 17.7 Å². The molecule has 0 radical (unpaired) electrons. The van der Waals surface area contributed by atoms with Crippen LogP contribution in [0.1, 0.15) is 17.8 Å². The Kier molecular flexibility index (Phi) is 7.24. The molecule has 0 amide bonds. The second-order valence-corrected chi connectivity index (χ2v) is 8.33. The van der Waals surface area contributed by atoms with Gasteiger partial charge in [-0.05, 0) is 24.1 Å². The van der Waals surface area contributed by atoms with Gasteiger partial charge in [-0.25, -0.2) is 0 Å². The standard InChI is InChI=1S/C13H18NO7PS/c14-10(12(17)18)5-6-22(20,21)13(19)8-1-3-9(4-2-8)23-7-11(15)16/h1-4,10,13,19H,5-7,14H2,(H,15,16)(H,17,18)(H,20,21). The van der Waals surface area contributed by atoms with Crippen LogP contribution in [-0.2, 0) is 14.2 Å². The molecule has 0 saturated carbocycles. The Hall–Kier alpha value is -1.38. The number of rotatable bonds is 9. The number of aliphatic hydroxyl groups excluding tert-OH is 1. The smallest absolute Gasteiger partial charge is 0.320 e. The van der Waals surface area contributed by atoms with Crippen LogP contribution < -0.4 is 5.73 Å². The molecule has 23 heavy (non-hydrogen) atoms. The highest BCUT2D eigenvalue weighted by molar-refractivity contribution is 8.00.